The van der Waals surface area contributed by atoms with Crippen LogP contribution in [0, 0.1) is 11.6 Å². The molecule has 1 N–H and O–H groups in total. The third-order valence-corrected chi connectivity index (χ3v) is 3.71. The first-order valence-electron chi connectivity index (χ1n) is 6.50. The van der Waals surface area contributed by atoms with Crippen LogP contribution in [-0.2, 0) is 0 Å². The van der Waals surface area contributed by atoms with Gasteiger partial charge in [-0.2, -0.15) is 0 Å². The Hall–Kier alpha value is -1.95. The van der Waals surface area contributed by atoms with Gasteiger partial charge in [0.25, 0.3) is 5.56 Å². The number of hydrogen-bond donors (Lipinski definition) is 1. The number of hydrogen-bond acceptors (Lipinski definition) is 3. The predicted octanol–water partition coefficient (Wildman–Crippen LogP) is 1.56. The summed E-state index contributed by atoms with van der Waals surface area (Å²) in [5, 5.41) is 0.199. The topological polar surface area (TPSA) is 39.3 Å². The summed E-state index contributed by atoms with van der Waals surface area (Å²) in [6.45, 7) is 3.29. The van der Waals surface area contributed by atoms with Crippen molar-refractivity contribution in [3.63, 3.8) is 0 Å². The van der Waals surface area contributed by atoms with Crippen LogP contribution in [-0.4, -0.2) is 43.1 Å². The maximum Gasteiger partial charge on any atom is 0.257 e. The van der Waals surface area contributed by atoms with Gasteiger partial charge in [-0.05, 0) is 19.2 Å². The van der Waals surface area contributed by atoms with Crippen LogP contribution in [0.4, 0.5) is 14.6 Å². The molecule has 1 fully saturated rings. The Bertz CT molecular complexity index is 705. The van der Waals surface area contributed by atoms with Crippen molar-refractivity contribution in [2.75, 3.05) is 38.1 Å². The number of H-pyrrole nitrogens is 1. The molecule has 0 spiro atoms. The Morgan fingerprint density at radius 3 is 2.45 bits per heavy atom. The molecule has 0 amide bonds. The summed E-state index contributed by atoms with van der Waals surface area (Å²) in [5.41, 5.74) is -0.463. The van der Waals surface area contributed by atoms with Crippen LogP contribution >= 0.6 is 0 Å². The lowest BCUT2D eigenvalue weighted by Crippen LogP contribution is -2.45. The van der Waals surface area contributed by atoms with E-state index in [-0.39, 0.29) is 10.8 Å². The molecule has 6 heteroatoms. The number of aromatic nitrogens is 1. The molecule has 2 heterocycles. The molecule has 0 saturated carbocycles. The molecule has 1 aromatic carbocycles. The van der Waals surface area contributed by atoms with Gasteiger partial charge in [-0.1, -0.05) is 0 Å². The van der Waals surface area contributed by atoms with Gasteiger partial charge in [-0.15, -0.1) is 0 Å². The number of benzene rings is 1. The number of fused-ring (bicyclic) bond motifs is 1. The summed E-state index contributed by atoms with van der Waals surface area (Å²) in [5.74, 6) is -0.865. The number of pyridine rings is 1. The van der Waals surface area contributed by atoms with Gasteiger partial charge in [0, 0.05) is 37.6 Å². The molecule has 1 aliphatic rings. The normalized spacial score (nSPS) is 16.9. The Labute approximate surface area is 114 Å². The SMILES string of the molecule is CN1CCN(c2cc3c(F)cc(F)cc3c(=O)[nH]2)CC1. The minimum atomic E-state index is -0.743. The number of anilines is 1. The number of nitrogens with zero attached hydrogens (tertiary/aromatic N) is 2. The van der Waals surface area contributed by atoms with Crippen molar-refractivity contribution in [3.05, 3.63) is 40.2 Å². The first kappa shape index (κ1) is 13.1. The van der Waals surface area contributed by atoms with E-state index in [1.807, 2.05) is 11.9 Å². The van der Waals surface area contributed by atoms with Crippen molar-refractivity contribution in [2.24, 2.45) is 0 Å². The van der Waals surface area contributed by atoms with Crippen molar-refractivity contribution in [3.8, 4) is 0 Å². The molecule has 20 heavy (non-hydrogen) atoms. The lowest BCUT2D eigenvalue weighted by Gasteiger charge is -2.33. The summed E-state index contributed by atoms with van der Waals surface area (Å²) in [6.07, 6.45) is 0. The predicted molar refractivity (Wildman–Crippen MR) is 74.2 cm³/mol. The molecule has 0 aliphatic carbocycles. The zero-order valence-corrected chi connectivity index (χ0v) is 11.1. The second-order valence-electron chi connectivity index (χ2n) is 5.12. The van der Waals surface area contributed by atoms with E-state index in [9.17, 15) is 13.6 Å². The molecule has 1 aromatic heterocycles. The van der Waals surface area contributed by atoms with Crippen LogP contribution in [0.1, 0.15) is 0 Å². The van der Waals surface area contributed by atoms with Gasteiger partial charge in [0.05, 0.1) is 5.39 Å². The molecule has 0 atom stereocenters. The maximum atomic E-state index is 13.8. The smallest absolute Gasteiger partial charge is 0.257 e. The molecule has 3 rings (SSSR count). The molecule has 0 unspecified atom stereocenters. The summed E-state index contributed by atoms with van der Waals surface area (Å²) < 4.78 is 27.0. The monoisotopic (exact) mass is 279 g/mol. The quantitative estimate of drug-likeness (QED) is 0.861. The van der Waals surface area contributed by atoms with Crippen LogP contribution in [0.3, 0.4) is 0 Å². The zero-order chi connectivity index (χ0) is 14.3. The van der Waals surface area contributed by atoms with E-state index in [1.54, 1.807) is 6.07 Å². The van der Waals surface area contributed by atoms with Crippen molar-refractivity contribution >= 4 is 16.6 Å². The van der Waals surface area contributed by atoms with Crippen LogP contribution in [0.15, 0.2) is 23.0 Å². The second kappa shape index (κ2) is 4.86. The molecule has 4 nitrogen and oxygen atoms in total. The van der Waals surface area contributed by atoms with Crippen LogP contribution in [0.25, 0.3) is 10.8 Å². The summed E-state index contributed by atoms with van der Waals surface area (Å²) in [4.78, 5) is 18.9. The minimum Gasteiger partial charge on any atom is -0.356 e. The Balaban J connectivity index is 2.08. The summed E-state index contributed by atoms with van der Waals surface area (Å²) in [6, 6.07) is 3.44. The molecule has 1 aliphatic heterocycles. The highest BCUT2D eigenvalue weighted by Crippen LogP contribution is 2.21. The standard InChI is InChI=1S/C14H15F2N3O/c1-18-2-4-19(5-3-18)13-8-10-11(14(20)17-13)6-9(15)7-12(10)16/h6-8H,2-5H2,1H3,(H,17,20). The summed E-state index contributed by atoms with van der Waals surface area (Å²) in [7, 11) is 2.03. The lowest BCUT2D eigenvalue weighted by atomic mass is 10.1. The van der Waals surface area contributed by atoms with Gasteiger partial charge in [0.15, 0.2) is 0 Å². The van der Waals surface area contributed by atoms with E-state index in [0.717, 1.165) is 38.3 Å². The van der Waals surface area contributed by atoms with Gasteiger partial charge in [-0.3, -0.25) is 4.79 Å². The molecule has 1 saturated heterocycles. The van der Waals surface area contributed by atoms with E-state index in [2.05, 4.69) is 9.88 Å². The largest absolute Gasteiger partial charge is 0.356 e. The van der Waals surface area contributed by atoms with E-state index in [4.69, 9.17) is 0 Å². The van der Waals surface area contributed by atoms with Crippen molar-refractivity contribution in [1.29, 1.82) is 0 Å². The van der Waals surface area contributed by atoms with Gasteiger partial charge in [0.2, 0.25) is 0 Å². The summed E-state index contributed by atoms with van der Waals surface area (Å²) >= 11 is 0. The number of aromatic amines is 1. The van der Waals surface area contributed by atoms with Crippen LogP contribution in [0.2, 0.25) is 0 Å². The van der Waals surface area contributed by atoms with Gasteiger partial charge < -0.3 is 14.8 Å². The molecule has 0 radical (unpaired) electrons. The third kappa shape index (κ3) is 2.27. The Morgan fingerprint density at radius 2 is 1.75 bits per heavy atom. The van der Waals surface area contributed by atoms with E-state index < -0.39 is 17.2 Å². The molecule has 0 bridgehead atoms. The van der Waals surface area contributed by atoms with Crippen molar-refractivity contribution < 1.29 is 8.78 Å². The maximum absolute atomic E-state index is 13.8. The minimum absolute atomic E-state index is 0.0420. The Morgan fingerprint density at radius 1 is 1.05 bits per heavy atom. The van der Waals surface area contributed by atoms with E-state index in [1.165, 1.54) is 0 Å². The molecular weight excluding hydrogens is 264 g/mol. The molecular formula is C14H15F2N3O. The molecule has 2 aromatic rings. The highest BCUT2D eigenvalue weighted by atomic mass is 19.1. The second-order valence-corrected chi connectivity index (χ2v) is 5.12. The van der Waals surface area contributed by atoms with Gasteiger partial charge in [0.1, 0.15) is 17.5 Å². The van der Waals surface area contributed by atoms with E-state index in [0.29, 0.717) is 5.82 Å². The first-order chi connectivity index (χ1) is 9.54. The average molecular weight is 279 g/mol. The fourth-order valence-corrected chi connectivity index (χ4v) is 2.49. The van der Waals surface area contributed by atoms with E-state index >= 15 is 0 Å². The van der Waals surface area contributed by atoms with Crippen LogP contribution < -0.4 is 10.5 Å². The fourth-order valence-electron chi connectivity index (χ4n) is 2.49. The first-order valence-corrected chi connectivity index (χ1v) is 6.50. The molecule has 106 valence electrons. The number of rotatable bonds is 1. The highest BCUT2D eigenvalue weighted by Gasteiger charge is 2.17. The zero-order valence-electron chi connectivity index (χ0n) is 11.1. The number of halogens is 2. The Kier molecular flexibility index (Phi) is 3.17. The lowest BCUT2D eigenvalue weighted by molar-refractivity contribution is 0.312. The number of piperazine rings is 1. The average Bonchev–Trinajstić information content (AvgIpc) is 2.40. The number of likely N-dealkylation sites (N-methyl/N-ethyl adjacent to an activating group) is 1. The van der Waals surface area contributed by atoms with Crippen LogP contribution in [0.5, 0.6) is 0 Å². The highest BCUT2D eigenvalue weighted by molar-refractivity contribution is 5.84. The fraction of sp³-hybridized carbons (Fsp3) is 0.357. The van der Waals surface area contributed by atoms with Crippen molar-refractivity contribution in [2.45, 2.75) is 0 Å². The van der Waals surface area contributed by atoms with Gasteiger partial charge in [-0.25, -0.2) is 8.78 Å². The van der Waals surface area contributed by atoms with Gasteiger partial charge >= 0.3 is 0 Å². The third-order valence-electron chi connectivity index (χ3n) is 3.71. The van der Waals surface area contributed by atoms with Crippen molar-refractivity contribution in [1.82, 2.24) is 9.88 Å². The number of nitrogens with one attached hydrogen (secondary N) is 1.